The first-order valence-electron chi connectivity index (χ1n) is 4.89. The van der Waals surface area contributed by atoms with Crippen molar-refractivity contribution in [1.82, 2.24) is 10.2 Å². The van der Waals surface area contributed by atoms with Gasteiger partial charge in [0.25, 0.3) is 5.69 Å². The second-order valence-electron chi connectivity index (χ2n) is 3.56. The normalized spacial score (nSPS) is 14.9. The average Bonchev–Trinajstić information content (AvgIpc) is 2.61. The molecule has 2 rings (SSSR count). The van der Waals surface area contributed by atoms with Gasteiger partial charge in [-0.25, -0.2) is 0 Å². The summed E-state index contributed by atoms with van der Waals surface area (Å²) in [6.45, 7) is 0.550. The minimum absolute atomic E-state index is 0.0298. The lowest BCUT2D eigenvalue weighted by Gasteiger charge is -2.14. The number of non-ortho nitro benzene ring substituents is 1. The van der Waals surface area contributed by atoms with Gasteiger partial charge in [-0.15, -0.1) is 0 Å². The number of nitrogens with zero attached hydrogens (tertiary/aromatic N) is 2. The Kier molecular flexibility index (Phi) is 3.01. The predicted octanol–water partition coefficient (Wildman–Crippen LogP) is 0.812. The number of amides is 1. The van der Waals surface area contributed by atoms with Crippen molar-refractivity contribution in [2.24, 2.45) is 0 Å². The highest BCUT2D eigenvalue weighted by atomic mass is 32.1. The van der Waals surface area contributed by atoms with Gasteiger partial charge in [-0.2, -0.15) is 0 Å². The molecular weight excluding hydrogens is 242 g/mol. The van der Waals surface area contributed by atoms with E-state index in [0.29, 0.717) is 11.7 Å². The largest absolute Gasteiger partial charge is 0.353 e. The van der Waals surface area contributed by atoms with E-state index in [1.54, 1.807) is 12.1 Å². The molecule has 1 saturated heterocycles. The SMILES string of the molecule is O=C1CNC(=S)N1Cc1ccc([N+](=O)[O-])cc1. The number of rotatable bonds is 3. The lowest BCUT2D eigenvalue weighted by atomic mass is 10.2. The Labute approximate surface area is 102 Å². The molecule has 1 N–H and O–H groups in total. The van der Waals surface area contributed by atoms with Gasteiger partial charge in [-0.1, -0.05) is 12.1 Å². The first-order chi connectivity index (χ1) is 8.08. The Balaban J connectivity index is 2.11. The van der Waals surface area contributed by atoms with E-state index in [0.717, 1.165) is 5.56 Å². The highest BCUT2D eigenvalue weighted by Gasteiger charge is 2.25. The van der Waals surface area contributed by atoms with Crippen LogP contribution in [0.15, 0.2) is 24.3 Å². The molecule has 1 aliphatic rings. The molecule has 0 atom stereocenters. The third-order valence-corrected chi connectivity index (χ3v) is 2.79. The fourth-order valence-electron chi connectivity index (χ4n) is 1.52. The highest BCUT2D eigenvalue weighted by molar-refractivity contribution is 7.80. The third kappa shape index (κ3) is 2.39. The Morgan fingerprint density at radius 2 is 2.06 bits per heavy atom. The van der Waals surface area contributed by atoms with Crippen molar-refractivity contribution in [2.45, 2.75) is 6.54 Å². The van der Waals surface area contributed by atoms with Crippen molar-refractivity contribution in [3.63, 3.8) is 0 Å². The van der Waals surface area contributed by atoms with Crippen LogP contribution in [-0.2, 0) is 11.3 Å². The summed E-state index contributed by atoms with van der Waals surface area (Å²) in [6.07, 6.45) is 0. The van der Waals surface area contributed by atoms with Crippen molar-refractivity contribution < 1.29 is 9.72 Å². The molecule has 0 spiro atoms. The number of carbonyl (C=O) groups is 1. The van der Waals surface area contributed by atoms with Gasteiger partial charge in [0.15, 0.2) is 5.11 Å². The molecule has 0 saturated carbocycles. The molecule has 1 aromatic carbocycles. The molecule has 1 amide bonds. The first-order valence-corrected chi connectivity index (χ1v) is 5.30. The molecule has 0 unspecified atom stereocenters. The topological polar surface area (TPSA) is 75.5 Å². The van der Waals surface area contributed by atoms with Gasteiger partial charge >= 0.3 is 0 Å². The molecule has 0 aliphatic carbocycles. The standard InChI is InChI=1S/C10H9N3O3S/c14-9-5-11-10(17)12(9)6-7-1-3-8(4-2-7)13(15)16/h1-4H,5-6H2,(H,11,17). The number of benzene rings is 1. The molecule has 6 nitrogen and oxygen atoms in total. The van der Waals surface area contributed by atoms with E-state index in [4.69, 9.17) is 12.2 Å². The van der Waals surface area contributed by atoms with Crippen LogP contribution < -0.4 is 5.32 Å². The fourth-order valence-corrected chi connectivity index (χ4v) is 1.76. The van der Waals surface area contributed by atoms with Gasteiger partial charge in [0.2, 0.25) is 5.91 Å². The van der Waals surface area contributed by atoms with Gasteiger partial charge in [-0.3, -0.25) is 19.8 Å². The summed E-state index contributed by atoms with van der Waals surface area (Å²) in [5.41, 5.74) is 0.831. The molecule has 0 aromatic heterocycles. The molecule has 1 heterocycles. The van der Waals surface area contributed by atoms with Gasteiger partial charge in [-0.05, 0) is 17.8 Å². The lowest BCUT2D eigenvalue weighted by molar-refractivity contribution is -0.384. The Bertz CT molecular complexity index is 470. The molecule has 88 valence electrons. The number of nitro benzene ring substituents is 1. The van der Waals surface area contributed by atoms with E-state index >= 15 is 0 Å². The maximum Gasteiger partial charge on any atom is 0.269 e. The number of nitrogens with one attached hydrogen (secondary N) is 1. The van der Waals surface area contributed by atoms with Crippen LogP contribution in [-0.4, -0.2) is 27.4 Å². The summed E-state index contributed by atoms with van der Waals surface area (Å²) in [5.74, 6) is -0.0895. The van der Waals surface area contributed by atoms with Crippen LogP contribution in [0.25, 0.3) is 0 Å². The summed E-state index contributed by atoms with van der Waals surface area (Å²) < 4.78 is 0. The summed E-state index contributed by atoms with van der Waals surface area (Å²) in [7, 11) is 0. The average molecular weight is 251 g/mol. The van der Waals surface area contributed by atoms with Crippen LogP contribution in [0, 0.1) is 10.1 Å². The monoisotopic (exact) mass is 251 g/mol. The predicted molar refractivity (Wildman–Crippen MR) is 64.2 cm³/mol. The van der Waals surface area contributed by atoms with Gasteiger partial charge in [0.05, 0.1) is 18.0 Å². The first kappa shape index (κ1) is 11.5. The van der Waals surface area contributed by atoms with Crippen LogP contribution in [0.2, 0.25) is 0 Å². The van der Waals surface area contributed by atoms with E-state index in [2.05, 4.69) is 5.32 Å². The lowest BCUT2D eigenvalue weighted by Crippen LogP contribution is -2.30. The van der Waals surface area contributed by atoms with Gasteiger partial charge in [0, 0.05) is 12.1 Å². The van der Waals surface area contributed by atoms with Crippen molar-refractivity contribution in [1.29, 1.82) is 0 Å². The maximum absolute atomic E-state index is 11.4. The second-order valence-corrected chi connectivity index (χ2v) is 3.95. The summed E-state index contributed by atoms with van der Waals surface area (Å²) in [6, 6.07) is 6.05. The second kappa shape index (κ2) is 4.46. The summed E-state index contributed by atoms with van der Waals surface area (Å²) in [5, 5.41) is 13.6. The van der Waals surface area contributed by atoms with E-state index in [-0.39, 0.29) is 18.1 Å². The smallest absolute Gasteiger partial charge is 0.269 e. The van der Waals surface area contributed by atoms with E-state index in [1.165, 1.54) is 17.0 Å². The van der Waals surface area contributed by atoms with Crippen LogP contribution >= 0.6 is 12.2 Å². The number of nitro groups is 1. The Hall–Kier alpha value is -2.02. The van der Waals surface area contributed by atoms with Gasteiger partial charge in [0.1, 0.15) is 0 Å². The molecule has 1 aliphatic heterocycles. The molecule has 7 heteroatoms. The van der Waals surface area contributed by atoms with Crippen molar-refractivity contribution >= 4 is 28.9 Å². The molecular formula is C10H9N3O3S. The molecule has 17 heavy (non-hydrogen) atoms. The van der Waals surface area contributed by atoms with E-state index < -0.39 is 4.92 Å². The number of hydrogen-bond donors (Lipinski definition) is 1. The van der Waals surface area contributed by atoms with Crippen LogP contribution in [0.4, 0.5) is 5.69 Å². The van der Waals surface area contributed by atoms with Gasteiger partial charge < -0.3 is 5.32 Å². The zero-order chi connectivity index (χ0) is 12.4. The van der Waals surface area contributed by atoms with E-state index in [9.17, 15) is 14.9 Å². The number of thiocarbonyl (C=S) groups is 1. The van der Waals surface area contributed by atoms with Crippen LogP contribution in [0.1, 0.15) is 5.56 Å². The summed E-state index contributed by atoms with van der Waals surface area (Å²) in [4.78, 5) is 22.9. The summed E-state index contributed by atoms with van der Waals surface area (Å²) >= 11 is 4.97. The zero-order valence-corrected chi connectivity index (χ0v) is 9.57. The van der Waals surface area contributed by atoms with Crippen LogP contribution in [0.5, 0.6) is 0 Å². The maximum atomic E-state index is 11.4. The Morgan fingerprint density at radius 3 is 2.53 bits per heavy atom. The fraction of sp³-hybridized carbons (Fsp3) is 0.200. The minimum atomic E-state index is -0.461. The van der Waals surface area contributed by atoms with Crippen molar-refractivity contribution in [3.8, 4) is 0 Å². The Morgan fingerprint density at radius 1 is 1.41 bits per heavy atom. The third-order valence-electron chi connectivity index (χ3n) is 2.42. The van der Waals surface area contributed by atoms with Crippen molar-refractivity contribution in [3.05, 3.63) is 39.9 Å². The molecule has 1 fully saturated rings. The quantitative estimate of drug-likeness (QED) is 0.489. The number of hydrogen-bond acceptors (Lipinski definition) is 4. The van der Waals surface area contributed by atoms with Crippen LogP contribution in [0.3, 0.4) is 0 Å². The van der Waals surface area contributed by atoms with Crippen molar-refractivity contribution in [2.75, 3.05) is 6.54 Å². The molecule has 0 bridgehead atoms. The van der Waals surface area contributed by atoms with E-state index in [1.807, 2.05) is 0 Å². The number of carbonyl (C=O) groups excluding carboxylic acids is 1. The molecule has 1 aromatic rings. The zero-order valence-electron chi connectivity index (χ0n) is 8.75. The minimum Gasteiger partial charge on any atom is -0.353 e. The highest BCUT2D eigenvalue weighted by Crippen LogP contribution is 2.14. The molecule has 0 radical (unpaired) electrons.